The van der Waals surface area contributed by atoms with E-state index in [0.717, 1.165) is 61.8 Å². The Bertz CT molecular complexity index is 608. The van der Waals surface area contributed by atoms with E-state index in [2.05, 4.69) is 26.1 Å². The molecule has 0 aliphatic carbocycles. The fourth-order valence-electron chi connectivity index (χ4n) is 3.44. The van der Waals surface area contributed by atoms with E-state index in [1.54, 1.807) is 4.90 Å². The van der Waals surface area contributed by atoms with Gasteiger partial charge >= 0.3 is 0 Å². The van der Waals surface area contributed by atoms with Crippen LogP contribution in [0.2, 0.25) is 0 Å². The molecular weight excluding hydrogens is 360 g/mol. The average Bonchev–Trinajstić information content (AvgIpc) is 2.70. The molecule has 0 aromatic heterocycles. The number of rotatable bonds is 14. The second-order valence-electron chi connectivity index (χ2n) is 7.32. The highest BCUT2D eigenvalue weighted by molar-refractivity contribution is 5.88. The van der Waals surface area contributed by atoms with Crippen molar-refractivity contribution in [3.05, 3.63) is 47.2 Å². The van der Waals surface area contributed by atoms with Gasteiger partial charge in [-0.2, -0.15) is 0 Å². The smallest absolute Gasteiger partial charge is 0.248 e. The summed E-state index contributed by atoms with van der Waals surface area (Å²) in [5.74, 6) is -0.114. The molecule has 0 aromatic carbocycles. The van der Waals surface area contributed by atoms with E-state index in [9.17, 15) is 9.59 Å². The van der Waals surface area contributed by atoms with Crippen LogP contribution in [0.25, 0.3) is 0 Å². The third kappa shape index (κ3) is 8.84. The van der Waals surface area contributed by atoms with Crippen LogP contribution >= 0.6 is 0 Å². The van der Waals surface area contributed by atoms with Crippen molar-refractivity contribution >= 4 is 12.3 Å². The minimum Gasteiger partial charge on any atom is -0.351 e. The predicted molar refractivity (Wildman–Crippen MR) is 124 cm³/mol. The fourth-order valence-corrected chi connectivity index (χ4v) is 3.44. The van der Waals surface area contributed by atoms with Crippen LogP contribution in [-0.2, 0) is 9.59 Å². The second-order valence-corrected chi connectivity index (χ2v) is 7.32. The Kier molecular flexibility index (Phi) is 14.6. The quantitative estimate of drug-likeness (QED) is 0.283. The van der Waals surface area contributed by atoms with Crippen LogP contribution in [0.3, 0.4) is 0 Å². The first-order valence-corrected chi connectivity index (χ1v) is 11.1. The molecule has 1 unspecified atom stereocenters. The molecule has 0 aromatic rings. The van der Waals surface area contributed by atoms with Crippen molar-refractivity contribution in [1.29, 1.82) is 0 Å². The van der Waals surface area contributed by atoms with Crippen molar-refractivity contribution in [2.24, 2.45) is 0 Å². The molecule has 0 bridgehead atoms. The summed E-state index contributed by atoms with van der Waals surface area (Å²) in [5, 5.41) is 3.23. The molecular formula is C25H42N2O2. The highest BCUT2D eigenvalue weighted by atomic mass is 16.2. The van der Waals surface area contributed by atoms with Crippen molar-refractivity contribution < 1.29 is 9.59 Å². The van der Waals surface area contributed by atoms with Gasteiger partial charge in [0.05, 0.1) is 0 Å². The molecule has 29 heavy (non-hydrogen) atoms. The highest BCUT2D eigenvalue weighted by Crippen LogP contribution is 2.23. The molecule has 0 rings (SSSR count). The summed E-state index contributed by atoms with van der Waals surface area (Å²) in [6.45, 7) is 14.3. The topological polar surface area (TPSA) is 49.4 Å². The van der Waals surface area contributed by atoms with Crippen LogP contribution in [0.4, 0.5) is 0 Å². The van der Waals surface area contributed by atoms with Crippen LogP contribution in [0, 0.1) is 0 Å². The van der Waals surface area contributed by atoms with E-state index < -0.39 is 6.04 Å². The number of hydrogen-bond acceptors (Lipinski definition) is 2. The van der Waals surface area contributed by atoms with Gasteiger partial charge in [0, 0.05) is 11.7 Å². The summed E-state index contributed by atoms with van der Waals surface area (Å²) < 4.78 is 0. The number of hydrogen-bond donors (Lipinski definition) is 1. The molecule has 0 aliphatic heterocycles. The SMILES string of the molecule is CC=CC(=CCC)N(C=O)C(C(=O)NC(CCC)CCC)C(C=CC)=C(C)CC. The fraction of sp³-hybridized carbons (Fsp3) is 0.600. The van der Waals surface area contributed by atoms with E-state index >= 15 is 0 Å². The molecule has 0 radical (unpaired) electrons. The Morgan fingerprint density at radius 1 is 1.00 bits per heavy atom. The molecule has 4 heteroatoms. The summed E-state index contributed by atoms with van der Waals surface area (Å²) in [4.78, 5) is 27.3. The molecule has 0 aliphatic rings. The summed E-state index contributed by atoms with van der Waals surface area (Å²) >= 11 is 0. The van der Waals surface area contributed by atoms with Gasteiger partial charge in [-0.15, -0.1) is 0 Å². The molecule has 0 heterocycles. The maximum atomic E-state index is 13.5. The molecule has 4 nitrogen and oxygen atoms in total. The van der Waals surface area contributed by atoms with Gasteiger partial charge in [-0.1, -0.05) is 70.4 Å². The van der Waals surface area contributed by atoms with Gasteiger partial charge in [0.2, 0.25) is 12.3 Å². The van der Waals surface area contributed by atoms with Crippen molar-refractivity contribution in [1.82, 2.24) is 10.2 Å². The van der Waals surface area contributed by atoms with Crippen molar-refractivity contribution in [2.45, 2.75) is 99.1 Å². The largest absolute Gasteiger partial charge is 0.351 e. The molecule has 1 N–H and O–H groups in total. The first kappa shape index (κ1) is 26.9. The Balaban J connectivity index is 6.40. The molecule has 0 fully saturated rings. The van der Waals surface area contributed by atoms with E-state index in [-0.39, 0.29) is 11.9 Å². The van der Waals surface area contributed by atoms with Gasteiger partial charge in [0.15, 0.2) is 0 Å². The number of nitrogens with one attached hydrogen (secondary N) is 1. The molecule has 0 saturated carbocycles. The number of carbonyl (C=O) groups is 2. The molecule has 0 spiro atoms. The number of carbonyl (C=O) groups excluding carboxylic acids is 2. The van der Waals surface area contributed by atoms with E-state index in [1.165, 1.54) is 0 Å². The lowest BCUT2D eigenvalue weighted by Crippen LogP contribution is -2.50. The van der Waals surface area contributed by atoms with Crippen LogP contribution in [0.15, 0.2) is 47.2 Å². The second kappa shape index (κ2) is 15.8. The third-order valence-electron chi connectivity index (χ3n) is 4.97. The van der Waals surface area contributed by atoms with Gasteiger partial charge in [-0.3, -0.25) is 14.5 Å². The van der Waals surface area contributed by atoms with Crippen LogP contribution in [-0.4, -0.2) is 29.3 Å². The monoisotopic (exact) mass is 402 g/mol. The van der Waals surface area contributed by atoms with Gasteiger partial charge in [0.25, 0.3) is 0 Å². The zero-order valence-corrected chi connectivity index (χ0v) is 19.6. The Morgan fingerprint density at radius 2 is 1.59 bits per heavy atom. The summed E-state index contributed by atoms with van der Waals surface area (Å²) in [6.07, 6.45) is 16.0. The van der Waals surface area contributed by atoms with E-state index in [1.807, 2.05) is 58.1 Å². The summed E-state index contributed by atoms with van der Waals surface area (Å²) in [5.41, 5.74) is 2.74. The molecule has 1 atom stereocenters. The summed E-state index contributed by atoms with van der Waals surface area (Å²) in [7, 11) is 0. The lowest BCUT2D eigenvalue weighted by molar-refractivity contribution is -0.130. The van der Waals surface area contributed by atoms with Crippen molar-refractivity contribution in [3.63, 3.8) is 0 Å². The zero-order valence-electron chi connectivity index (χ0n) is 19.6. The van der Waals surface area contributed by atoms with Crippen LogP contribution < -0.4 is 5.32 Å². The number of allylic oxidation sites excluding steroid dienone is 5. The lowest BCUT2D eigenvalue weighted by Gasteiger charge is -2.32. The Labute approximate surface area is 178 Å². The number of amides is 2. The van der Waals surface area contributed by atoms with Crippen molar-refractivity contribution in [3.8, 4) is 0 Å². The molecule has 164 valence electrons. The van der Waals surface area contributed by atoms with Gasteiger partial charge in [-0.05, 0) is 58.1 Å². The zero-order chi connectivity index (χ0) is 22.2. The lowest BCUT2D eigenvalue weighted by atomic mass is 9.95. The Hall–Kier alpha value is -2.10. The van der Waals surface area contributed by atoms with Gasteiger partial charge < -0.3 is 5.32 Å². The standard InChI is InChI=1S/C25H42N2O2/c1-8-14-21(15-9-2)26-25(29)24(23(18-12-5)20(7)13-6)27(19-28)22(16-10-3)17-11-4/h10,12,16-19,21,24H,8-9,11,13-15H2,1-7H3,(H,26,29). The summed E-state index contributed by atoms with van der Waals surface area (Å²) in [6, 6.07) is -0.559. The first-order valence-electron chi connectivity index (χ1n) is 11.1. The minimum atomic E-state index is -0.686. The number of nitrogens with zero attached hydrogens (tertiary/aromatic N) is 1. The van der Waals surface area contributed by atoms with E-state index in [0.29, 0.717) is 0 Å². The average molecular weight is 403 g/mol. The third-order valence-corrected chi connectivity index (χ3v) is 4.97. The first-order chi connectivity index (χ1) is 13.9. The van der Waals surface area contributed by atoms with Crippen LogP contribution in [0.5, 0.6) is 0 Å². The molecule has 0 saturated heterocycles. The maximum Gasteiger partial charge on any atom is 0.248 e. The minimum absolute atomic E-state index is 0.114. The maximum absolute atomic E-state index is 13.5. The van der Waals surface area contributed by atoms with Crippen molar-refractivity contribution in [2.75, 3.05) is 0 Å². The van der Waals surface area contributed by atoms with Gasteiger partial charge in [-0.25, -0.2) is 0 Å². The predicted octanol–water partition coefficient (Wildman–Crippen LogP) is 6.07. The van der Waals surface area contributed by atoms with E-state index in [4.69, 9.17) is 0 Å². The normalized spacial score (nSPS) is 14.4. The Morgan fingerprint density at radius 3 is 2.00 bits per heavy atom. The highest BCUT2D eigenvalue weighted by Gasteiger charge is 2.31. The molecule has 2 amide bonds. The van der Waals surface area contributed by atoms with Gasteiger partial charge in [0.1, 0.15) is 6.04 Å². The van der Waals surface area contributed by atoms with Crippen LogP contribution in [0.1, 0.15) is 87.0 Å².